The van der Waals surface area contributed by atoms with Gasteiger partial charge in [0.2, 0.25) is 0 Å². The Balaban J connectivity index is 1.83. The lowest BCUT2D eigenvalue weighted by Crippen LogP contribution is -2.29. The molecule has 0 aromatic heterocycles. The first kappa shape index (κ1) is 14.2. The van der Waals surface area contributed by atoms with E-state index in [2.05, 4.69) is 49.1 Å². The minimum atomic E-state index is 1.10. The highest BCUT2D eigenvalue weighted by Crippen LogP contribution is 2.28. The predicted octanol–water partition coefficient (Wildman–Crippen LogP) is 5.27. The Morgan fingerprint density at radius 1 is 1.00 bits per heavy atom. The van der Waals surface area contributed by atoms with Gasteiger partial charge in [0, 0.05) is 18.8 Å². The lowest BCUT2D eigenvalue weighted by Gasteiger charge is -2.30. The van der Waals surface area contributed by atoms with Crippen LogP contribution < -0.4 is 4.90 Å². The summed E-state index contributed by atoms with van der Waals surface area (Å²) in [6, 6.07) is 8.78. The van der Waals surface area contributed by atoms with E-state index in [0.717, 1.165) is 6.54 Å². The van der Waals surface area contributed by atoms with E-state index in [1.807, 2.05) is 0 Å². The molecule has 1 aromatic carbocycles. The number of nitrogens with zero attached hydrogens (tertiary/aromatic N) is 1. The van der Waals surface area contributed by atoms with Gasteiger partial charge in [0.1, 0.15) is 0 Å². The molecule has 0 radical (unpaired) electrons. The second kappa shape index (κ2) is 7.37. The van der Waals surface area contributed by atoms with Crippen LogP contribution in [-0.2, 0) is 0 Å². The Bertz CT molecular complexity index is 419. The molecular weight excluding hydrogens is 230 g/mol. The Hall–Kier alpha value is -1.24. The van der Waals surface area contributed by atoms with E-state index in [-0.39, 0.29) is 0 Å². The smallest absolute Gasteiger partial charge is 0.0442 e. The number of hydrogen-bond acceptors (Lipinski definition) is 1. The first-order valence-electron chi connectivity index (χ1n) is 7.82. The fourth-order valence-electron chi connectivity index (χ4n) is 2.88. The van der Waals surface area contributed by atoms with Gasteiger partial charge >= 0.3 is 0 Å². The SMILES string of the molecule is CCCCCCCCN1CC(C)=Cc2ccccc21. The fourth-order valence-corrected chi connectivity index (χ4v) is 2.88. The van der Waals surface area contributed by atoms with Gasteiger partial charge in [-0.15, -0.1) is 0 Å². The van der Waals surface area contributed by atoms with Gasteiger partial charge in [-0.25, -0.2) is 0 Å². The zero-order chi connectivity index (χ0) is 13.5. The maximum atomic E-state index is 2.55. The van der Waals surface area contributed by atoms with Crippen LogP contribution in [0, 0.1) is 0 Å². The Labute approximate surface area is 118 Å². The molecule has 1 aliphatic rings. The first-order valence-corrected chi connectivity index (χ1v) is 7.82. The maximum absolute atomic E-state index is 2.55. The minimum Gasteiger partial charge on any atom is -0.367 e. The molecule has 19 heavy (non-hydrogen) atoms. The minimum absolute atomic E-state index is 1.10. The summed E-state index contributed by atoms with van der Waals surface area (Å²) in [6.45, 7) is 6.82. The van der Waals surface area contributed by atoms with Crippen molar-refractivity contribution in [3.05, 3.63) is 35.4 Å². The first-order chi connectivity index (χ1) is 9.31. The van der Waals surface area contributed by atoms with Gasteiger partial charge < -0.3 is 4.90 Å². The second-order valence-corrected chi connectivity index (χ2v) is 5.74. The molecular formula is C18H27N. The van der Waals surface area contributed by atoms with Crippen LogP contribution in [0.15, 0.2) is 29.8 Å². The third-order valence-electron chi connectivity index (χ3n) is 3.90. The molecule has 1 aliphatic heterocycles. The van der Waals surface area contributed by atoms with Crippen molar-refractivity contribution in [2.45, 2.75) is 52.4 Å². The summed E-state index contributed by atoms with van der Waals surface area (Å²) >= 11 is 0. The molecule has 104 valence electrons. The monoisotopic (exact) mass is 257 g/mol. The Kier molecular flexibility index (Phi) is 5.50. The largest absolute Gasteiger partial charge is 0.367 e. The van der Waals surface area contributed by atoms with E-state index in [9.17, 15) is 0 Å². The van der Waals surface area contributed by atoms with Crippen molar-refractivity contribution in [1.82, 2.24) is 0 Å². The average Bonchev–Trinajstić information content (AvgIpc) is 2.42. The topological polar surface area (TPSA) is 3.24 Å². The van der Waals surface area contributed by atoms with Crippen LogP contribution in [0.3, 0.4) is 0 Å². The highest BCUT2D eigenvalue weighted by Gasteiger charge is 2.14. The van der Waals surface area contributed by atoms with Crippen LogP contribution in [0.4, 0.5) is 5.69 Å². The van der Waals surface area contributed by atoms with Crippen LogP contribution in [0.2, 0.25) is 0 Å². The number of benzene rings is 1. The number of rotatable bonds is 7. The molecule has 0 bridgehead atoms. The maximum Gasteiger partial charge on any atom is 0.0442 e. The summed E-state index contributed by atoms with van der Waals surface area (Å²) in [7, 11) is 0. The number of hydrogen-bond donors (Lipinski definition) is 0. The molecule has 0 saturated carbocycles. The van der Waals surface area contributed by atoms with Gasteiger partial charge in [0.25, 0.3) is 0 Å². The summed E-state index contributed by atoms with van der Waals surface area (Å²) in [5, 5.41) is 0. The Morgan fingerprint density at radius 3 is 2.58 bits per heavy atom. The normalized spacial score (nSPS) is 14.2. The number of anilines is 1. The number of para-hydroxylation sites is 1. The highest BCUT2D eigenvalue weighted by atomic mass is 15.1. The number of fused-ring (bicyclic) bond motifs is 1. The molecule has 1 heterocycles. The van der Waals surface area contributed by atoms with Crippen molar-refractivity contribution in [3.8, 4) is 0 Å². The molecule has 0 fully saturated rings. The van der Waals surface area contributed by atoms with Gasteiger partial charge in [-0.3, -0.25) is 0 Å². The lowest BCUT2D eigenvalue weighted by molar-refractivity contribution is 0.601. The molecule has 0 amide bonds. The third kappa shape index (κ3) is 4.12. The second-order valence-electron chi connectivity index (χ2n) is 5.74. The zero-order valence-corrected chi connectivity index (χ0v) is 12.5. The van der Waals surface area contributed by atoms with Gasteiger partial charge in [-0.1, -0.05) is 68.9 Å². The van der Waals surface area contributed by atoms with Gasteiger partial charge in [0.05, 0.1) is 0 Å². The van der Waals surface area contributed by atoms with E-state index in [0.29, 0.717) is 0 Å². The van der Waals surface area contributed by atoms with Crippen molar-refractivity contribution in [1.29, 1.82) is 0 Å². The molecule has 0 atom stereocenters. The molecule has 0 saturated heterocycles. The standard InChI is InChI=1S/C18H27N/c1-3-4-5-6-7-10-13-19-15-16(2)14-17-11-8-9-12-18(17)19/h8-9,11-12,14H,3-7,10,13,15H2,1-2H3. The van der Waals surface area contributed by atoms with Crippen LogP contribution in [0.5, 0.6) is 0 Å². The van der Waals surface area contributed by atoms with Crippen LogP contribution in [0.1, 0.15) is 57.9 Å². The average molecular weight is 257 g/mol. The van der Waals surface area contributed by atoms with Crippen molar-refractivity contribution in [2.24, 2.45) is 0 Å². The zero-order valence-electron chi connectivity index (χ0n) is 12.5. The summed E-state index contributed by atoms with van der Waals surface area (Å²) in [4.78, 5) is 2.55. The quantitative estimate of drug-likeness (QED) is 0.601. The molecule has 0 N–H and O–H groups in total. The molecule has 1 aromatic rings. The molecule has 0 aliphatic carbocycles. The van der Waals surface area contributed by atoms with Gasteiger partial charge in [-0.05, 0) is 25.0 Å². The fraction of sp³-hybridized carbons (Fsp3) is 0.556. The van der Waals surface area contributed by atoms with Crippen LogP contribution in [-0.4, -0.2) is 13.1 Å². The summed E-state index contributed by atoms with van der Waals surface area (Å²) in [5.74, 6) is 0. The summed E-state index contributed by atoms with van der Waals surface area (Å²) in [5.41, 5.74) is 4.28. The van der Waals surface area contributed by atoms with E-state index in [4.69, 9.17) is 0 Å². The van der Waals surface area contributed by atoms with Crippen molar-refractivity contribution < 1.29 is 0 Å². The van der Waals surface area contributed by atoms with Crippen molar-refractivity contribution in [2.75, 3.05) is 18.0 Å². The molecule has 1 nitrogen and oxygen atoms in total. The molecule has 1 heteroatoms. The third-order valence-corrected chi connectivity index (χ3v) is 3.90. The molecule has 2 rings (SSSR count). The predicted molar refractivity (Wildman–Crippen MR) is 85.7 cm³/mol. The summed E-state index contributed by atoms with van der Waals surface area (Å²) in [6.07, 6.45) is 10.6. The number of unbranched alkanes of at least 4 members (excludes halogenated alkanes) is 5. The van der Waals surface area contributed by atoms with Crippen LogP contribution >= 0.6 is 0 Å². The van der Waals surface area contributed by atoms with E-state index >= 15 is 0 Å². The Morgan fingerprint density at radius 2 is 1.74 bits per heavy atom. The van der Waals surface area contributed by atoms with Crippen molar-refractivity contribution >= 4 is 11.8 Å². The van der Waals surface area contributed by atoms with Crippen molar-refractivity contribution in [3.63, 3.8) is 0 Å². The van der Waals surface area contributed by atoms with Crippen LogP contribution in [0.25, 0.3) is 6.08 Å². The van der Waals surface area contributed by atoms with E-state index in [1.165, 1.54) is 61.9 Å². The molecule has 0 spiro atoms. The summed E-state index contributed by atoms with van der Waals surface area (Å²) < 4.78 is 0. The molecule has 0 unspecified atom stereocenters. The van der Waals surface area contributed by atoms with E-state index < -0.39 is 0 Å². The van der Waals surface area contributed by atoms with Gasteiger partial charge in [0.15, 0.2) is 0 Å². The lowest BCUT2D eigenvalue weighted by atomic mass is 10.0. The van der Waals surface area contributed by atoms with Gasteiger partial charge in [-0.2, -0.15) is 0 Å². The highest BCUT2D eigenvalue weighted by molar-refractivity contribution is 5.72. The van der Waals surface area contributed by atoms with E-state index in [1.54, 1.807) is 0 Å².